The van der Waals surface area contributed by atoms with E-state index in [1.54, 1.807) is 12.1 Å². The lowest BCUT2D eigenvalue weighted by Gasteiger charge is -2.08. The average molecular weight is 192 g/mol. The van der Waals surface area contributed by atoms with Gasteiger partial charge in [0.15, 0.2) is 0 Å². The standard InChI is InChI=1S/C10H13BO3/c12-11(13)10-3-1-8(2-4-10)9-5-6-14-7-9/h1-4,9,12-13H,5-7H2. The summed E-state index contributed by atoms with van der Waals surface area (Å²) in [4.78, 5) is 0. The van der Waals surface area contributed by atoms with Crippen LogP contribution in [0, 0.1) is 0 Å². The first-order valence-corrected chi connectivity index (χ1v) is 4.81. The molecule has 1 unspecified atom stereocenters. The molecule has 74 valence electrons. The molecule has 0 bridgehead atoms. The predicted octanol–water partition coefficient (Wildman–Crippen LogP) is -0.130. The van der Waals surface area contributed by atoms with E-state index in [1.165, 1.54) is 5.56 Å². The molecule has 1 fully saturated rings. The molecule has 0 aromatic heterocycles. The van der Waals surface area contributed by atoms with Gasteiger partial charge in [-0.2, -0.15) is 0 Å². The molecule has 1 heterocycles. The Morgan fingerprint density at radius 3 is 2.43 bits per heavy atom. The van der Waals surface area contributed by atoms with Gasteiger partial charge >= 0.3 is 7.12 Å². The predicted molar refractivity (Wildman–Crippen MR) is 54.4 cm³/mol. The fourth-order valence-electron chi connectivity index (χ4n) is 1.74. The number of ether oxygens (including phenoxy) is 1. The van der Waals surface area contributed by atoms with Crippen LogP contribution in [0.3, 0.4) is 0 Å². The Balaban J connectivity index is 2.12. The molecule has 2 N–H and O–H groups in total. The third-order valence-corrected chi connectivity index (χ3v) is 2.64. The average Bonchev–Trinajstić information content (AvgIpc) is 2.71. The Labute approximate surface area is 83.5 Å². The van der Waals surface area contributed by atoms with E-state index in [1.807, 2.05) is 12.1 Å². The molecule has 3 nitrogen and oxygen atoms in total. The van der Waals surface area contributed by atoms with E-state index in [9.17, 15) is 0 Å². The van der Waals surface area contributed by atoms with Crippen LogP contribution in [0.1, 0.15) is 17.9 Å². The third kappa shape index (κ3) is 1.98. The van der Waals surface area contributed by atoms with Crippen LogP contribution >= 0.6 is 0 Å². The van der Waals surface area contributed by atoms with Gasteiger partial charge in [0.1, 0.15) is 0 Å². The zero-order chi connectivity index (χ0) is 9.97. The van der Waals surface area contributed by atoms with Gasteiger partial charge in [0, 0.05) is 12.5 Å². The summed E-state index contributed by atoms with van der Waals surface area (Å²) in [7, 11) is -1.37. The van der Waals surface area contributed by atoms with Gasteiger partial charge in [0.2, 0.25) is 0 Å². The topological polar surface area (TPSA) is 49.7 Å². The summed E-state index contributed by atoms with van der Waals surface area (Å²) in [5, 5.41) is 17.8. The molecule has 1 aliphatic rings. The molecule has 0 saturated carbocycles. The zero-order valence-electron chi connectivity index (χ0n) is 7.89. The molecule has 0 radical (unpaired) electrons. The molecule has 1 aromatic carbocycles. The maximum Gasteiger partial charge on any atom is 0.488 e. The normalized spacial score (nSPS) is 21.1. The Kier molecular flexibility index (Phi) is 2.86. The van der Waals surface area contributed by atoms with Crippen LogP contribution in [-0.2, 0) is 4.74 Å². The van der Waals surface area contributed by atoms with Crippen LogP contribution in [0.2, 0.25) is 0 Å². The molecule has 1 aromatic rings. The van der Waals surface area contributed by atoms with Crippen LogP contribution in [0.15, 0.2) is 24.3 Å². The number of hydrogen-bond donors (Lipinski definition) is 2. The summed E-state index contributed by atoms with van der Waals surface area (Å²) in [6, 6.07) is 7.37. The van der Waals surface area contributed by atoms with E-state index in [0.29, 0.717) is 11.4 Å². The van der Waals surface area contributed by atoms with Crippen molar-refractivity contribution in [1.29, 1.82) is 0 Å². The molecule has 0 aliphatic carbocycles. The Bertz CT molecular complexity index is 291. The fraction of sp³-hybridized carbons (Fsp3) is 0.400. The molecule has 1 atom stereocenters. The molecular weight excluding hydrogens is 179 g/mol. The number of benzene rings is 1. The zero-order valence-corrected chi connectivity index (χ0v) is 7.89. The molecule has 1 aliphatic heterocycles. The van der Waals surface area contributed by atoms with Gasteiger partial charge in [-0.25, -0.2) is 0 Å². The van der Waals surface area contributed by atoms with Crippen LogP contribution < -0.4 is 5.46 Å². The minimum Gasteiger partial charge on any atom is -0.423 e. The molecule has 0 spiro atoms. The van der Waals surface area contributed by atoms with Gasteiger partial charge in [0.25, 0.3) is 0 Å². The molecule has 0 amide bonds. The lowest BCUT2D eigenvalue weighted by molar-refractivity contribution is 0.194. The Morgan fingerprint density at radius 1 is 1.21 bits per heavy atom. The van der Waals surface area contributed by atoms with Gasteiger partial charge < -0.3 is 14.8 Å². The summed E-state index contributed by atoms with van der Waals surface area (Å²) in [5.74, 6) is 0.472. The summed E-state index contributed by atoms with van der Waals surface area (Å²) < 4.78 is 5.29. The van der Waals surface area contributed by atoms with Crippen molar-refractivity contribution < 1.29 is 14.8 Å². The molecule has 1 saturated heterocycles. The maximum absolute atomic E-state index is 8.91. The first kappa shape index (κ1) is 9.71. The van der Waals surface area contributed by atoms with Crippen molar-refractivity contribution in [3.05, 3.63) is 29.8 Å². The van der Waals surface area contributed by atoms with Crippen LogP contribution in [0.5, 0.6) is 0 Å². The Hall–Kier alpha value is -0.835. The lowest BCUT2D eigenvalue weighted by atomic mass is 9.79. The first-order valence-electron chi connectivity index (χ1n) is 4.81. The van der Waals surface area contributed by atoms with Crippen molar-refractivity contribution in [2.75, 3.05) is 13.2 Å². The van der Waals surface area contributed by atoms with Gasteiger partial charge in [-0.05, 0) is 17.4 Å². The van der Waals surface area contributed by atoms with E-state index in [-0.39, 0.29) is 0 Å². The second-order valence-electron chi connectivity index (χ2n) is 3.60. The smallest absolute Gasteiger partial charge is 0.423 e. The van der Waals surface area contributed by atoms with Crippen LogP contribution in [0.25, 0.3) is 0 Å². The van der Waals surface area contributed by atoms with Gasteiger partial charge in [-0.3, -0.25) is 0 Å². The highest BCUT2D eigenvalue weighted by atomic mass is 16.5. The highest BCUT2D eigenvalue weighted by Crippen LogP contribution is 2.24. The SMILES string of the molecule is OB(O)c1ccc(C2CCOC2)cc1. The minimum atomic E-state index is -1.37. The van der Waals surface area contributed by atoms with Crippen molar-refractivity contribution in [3.8, 4) is 0 Å². The van der Waals surface area contributed by atoms with E-state index in [0.717, 1.165) is 19.6 Å². The van der Waals surface area contributed by atoms with E-state index in [2.05, 4.69) is 0 Å². The maximum atomic E-state index is 8.91. The fourth-order valence-corrected chi connectivity index (χ4v) is 1.74. The van der Waals surface area contributed by atoms with Gasteiger partial charge in [-0.1, -0.05) is 24.3 Å². The summed E-state index contributed by atoms with van der Waals surface area (Å²) in [5.41, 5.74) is 1.75. The summed E-state index contributed by atoms with van der Waals surface area (Å²) in [6.07, 6.45) is 1.06. The molecule has 14 heavy (non-hydrogen) atoms. The van der Waals surface area contributed by atoms with Crippen LogP contribution in [-0.4, -0.2) is 30.4 Å². The van der Waals surface area contributed by atoms with E-state index >= 15 is 0 Å². The third-order valence-electron chi connectivity index (χ3n) is 2.64. The quantitative estimate of drug-likeness (QED) is 0.641. The summed E-state index contributed by atoms with van der Waals surface area (Å²) in [6.45, 7) is 1.61. The molecule has 4 heteroatoms. The van der Waals surface area contributed by atoms with Crippen molar-refractivity contribution in [3.63, 3.8) is 0 Å². The van der Waals surface area contributed by atoms with E-state index < -0.39 is 7.12 Å². The van der Waals surface area contributed by atoms with E-state index in [4.69, 9.17) is 14.8 Å². The molecule has 2 rings (SSSR count). The van der Waals surface area contributed by atoms with Crippen molar-refractivity contribution >= 4 is 12.6 Å². The van der Waals surface area contributed by atoms with Crippen molar-refractivity contribution in [2.24, 2.45) is 0 Å². The van der Waals surface area contributed by atoms with Crippen molar-refractivity contribution in [2.45, 2.75) is 12.3 Å². The molecular formula is C10H13BO3. The Morgan fingerprint density at radius 2 is 1.93 bits per heavy atom. The second-order valence-corrected chi connectivity index (χ2v) is 3.60. The largest absolute Gasteiger partial charge is 0.488 e. The number of hydrogen-bond acceptors (Lipinski definition) is 3. The van der Waals surface area contributed by atoms with Gasteiger partial charge in [0.05, 0.1) is 6.61 Å². The lowest BCUT2D eigenvalue weighted by Crippen LogP contribution is -2.29. The number of rotatable bonds is 2. The van der Waals surface area contributed by atoms with Crippen molar-refractivity contribution in [1.82, 2.24) is 0 Å². The van der Waals surface area contributed by atoms with Crippen LogP contribution in [0.4, 0.5) is 0 Å². The minimum absolute atomic E-state index is 0.472. The second kappa shape index (κ2) is 4.13. The monoisotopic (exact) mass is 192 g/mol. The highest BCUT2D eigenvalue weighted by Gasteiger charge is 2.18. The first-order chi connectivity index (χ1) is 6.77. The van der Waals surface area contributed by atoms with Gasteiger partial charge in [-0.15, -0.1) is 0 Å². The summed E-state index contributed by atoms with van der Waals surface area (Å²) >= 11 is 0. The highest BCUT2D eigenvalue weighted by molar-refractivity contribution is 6.58.